The molecule has 0 aliphatic rings. The number of aromatic amines is 1. The van der Waals surface area contributed by atoms with Crippen molar-refractivity contribution in [1.29, 1.82) is 0 Å². The zero-order valence-electron chi connectivity index (χ0n) is 15.7. The van der Waals surface area contributed by atoms with Gasteiger partial charge in [-0.05, 0) is 54.8 Å². The molecule has 0 saturated heterocycles. The van der Waals surface area contributed by atoms with Crippen LogP contribution in [0.25, 0.3) is 0 Å². The third-order valence-corrected chi connectivity index (χ3v) is 5.73. The fraction of sp³-hybridized carbons (Fsp3) is 0.250. The second-order valence-corrected chi connectivity index (χ2v) is 7.95. The highest BCUT2D eigenvalue weighted by Gasteiger charge is 2.09. The highest BCUT2D eigenvalue weighted by molar-refractivity contribution is 9.10. The number of carbonyl (C=O) groups excluding carboxylic acids is 1. The van der Waals surface area contributed by atoms with Crippen LogP contribution in [0.2, 0.25) is 0 Å². The molecule has 0 fully saturated rings. The van der Waals surface area contributed by atoms with Crippen molar-refractivity contribution in [2.75, 3.05) is 11.1 Å². The van der Waals surface area contributed by atoms with Crippen LogP contribution in [0.1, 0.15) is 23.9 Å². The van der Waals surface area contributed by atoms with E-state index >= 15 is 0 Å². The normalized spacial score (nSPS) is 10.7. The molecule has 0 unspecified atom stereocenters. The van der Waals surface area contributed by atoms with E-state index in [4.69, 9.17) is 4.74 Å². The molecular weight excluding hydrogens is 440 g/mol. The lowest BCUT2D eigenvalue weighted by atomic mass is 10.2. The van der Waals surface area contributed by atoms with E-state index in [2.05, 4.69) is 43.4 Å². The van der Waals surface area contributed by atoms with Crippen LogP contribution < -0.4 is 10.1 Å². The molecule has 0 bridgehead atoms. The molecule has 0 radical (unpaired) electrons. The predicted octanol–water partition coefficient (Wildman–Crippen LogP) is 4.75. The minimum atomic E-state index is -0.106. The lowest BCUT2D eigenvalue weighted by molar-refractivity contribution is -0.113. The summed E-state index contributed by atoms with van der Waals surface area (Å²) in [6.07, 6.45) is 0.998. The number of amides is 1. The van der Waals surface area contributed by atoms with E-state index in [1.807, 2.05) is 49.4 Å². The van der Waals surface area contributed by atoms with Gasteiger partial charge in [0.25, 0.3) is 0 Å². The maximum Gasteiger partial charge on any atom is 0.234 e. The highest BCUT2D eigenvalue weighted by Crippen LogP contribution is 2.21. The fourth-order valence-electron chi connectivity index (χ4n) is 2.43. The van der Waals surface area contributed by atoms with Gasteiger partial charge < -0.3 is 10.1 Å². The van der Waals surface area contributed by atoms with Crippen LogP contribution >= 0.6 is 27.7 Å². The number of nitrogens with zero attached hydrogens (tertiary/aromatic N) is 2. The molecule has 1 heterocycles. The first-order chi connectivity index (χ1) is 13.5. The molecule has 0 spiro atoms. The van der Waals surface area contributed by atoms with Gasteiger partial charge in [-0.1, -0.05) is 46.7 Å². The van der Waals surface area contributed by atoms with Gasteiger partial charge in [-0.25, -0.2) is 4.98 Å². The molecule has 2 N–H and O–H groups in total. The van der Waals surface area contributed by atoms with Gasteiger partial charge in [-0.3, -0.25) is 9.89 Å². The summed E-state index contributed by atoms with van der Waals surface area (Å²) in [5.74, 6) is 1.52. The molecule has 3 aromatic rings. The lowest BCUT2D eigenvalue weighted by Gasteiger charge is -2.06. The Labute approximate surface area is 176 Å². The van der Waals surface area contributed by atoms with Crippen LogP contribution in [-0.2, 0) is 17.8 Å². The number of hydrogen-bond acceptors (Lipinski definition) is 5. The van der Waals surface area contributed by atoms with Crippen LogP contribution in [0.4, 0.5) is 5.69 Å². The largest absolute Gasteiger partial charge is 0.486 e. The monoisotopic (exact) mass is 460 g/mol. The molecule has 1 amide bonds. The predicted molar refractivity (Wildman–Crippen MR) is 115 cm³/mol. The number of nitrogens with one attached hydrogen (secondary N) is 2. The summed E-state index contributed by atoms with van der Waals surface area (Å²) < 4.78 is 6.71. The van der Waals surface area contributed by atoms with Crippen molar-refractivity contribution < 1.29 is 9.53 Å². The number of benzene rings is 2. The van der Waals surface area contributed by atoms with Gasteiger partial charge >= 0.3 is 0 Å². The van der Waals surface area contributed by atoms with E-state index in [0.717, 1.165) is 27.9 Å². The SMILES string of the molecule is CCc1ccc(OCc2nc(SCC(=O)Nc3ccc(Br)c(C)c3)n[nH]2)cc1. The smallest absolute Gasteiger partial charge is 0.234 e. The summed E-state index contributed by atoms with van der Waals surface area (Å²) >= 11 is 4.72. The summed E-state index contributed by atoms with van der Waals surface area (Å²) in [4.78, 5) is 16.5. The minimum Gasteiger partial charge on any atom is -0.486 e. The van der Waals surface area contributed by atoms with Crippen molar-refractivity contribution in [3.63, 3.8) is 0 Å². The van der Waals surface area contributed by atoms with Crippen molar-refractivity contribution in [2.45, 2.75) is 32.0 Å². The molecule has 2 aromatic carbocycles. The van der Waals surface area contributed by atoms with E-state index in [9.17, 15) is 4.79 Å². The number of thioether (sulfide) groups is 1. The van der Waals surface area contributed by atoms with Crippen molar-refractivity contribution >= 4 is 39.3 Å². The number of carbonyl (C=O) groups is 1. The van der Waals surface area contributed by atoms with Crippen LogP contribution in [-0.4, -0.2) is 26.8 Å². The summed E-state index contributed by atoms with van der Waals surface area (Å²) in [5, 5.41) is 10.4. The Morgan fingerprint density at radius 3 is 2.75 bits per heavy atom. The fourth-order valence-corrected chi connectivity index (χ4v) is 3.29. The highest BCUT2D eigenvalue weighted by atomic mass is 79.9. The van der Waals surface area contributed by atoms with Gasteiger partial charge in [0.1, 0.15) is 12.4 Å². The Bertz CT molecular complexity index is 944. The van der Waals surface area contributed by atoms with Crippen molar-refractivity contribution in [2.24, 2.45) is 0 Å². The zero-order chi connectivity index (χ0) is 19.9. The molecule has 146 valence electrons. The van der Waals surface area contributed by atoms with E-state index in [0.29, 0.717) is 17.6 Å². The molecule has 28 heavy (non-hydrogen) atoms. The molecule has 1 aromatic heterocycles. The summed E-state index contributed by atoms with van der Waals surface area (Å²) in [6, 6.07) is 13.7. The number of H-pyrrole nitrogens is 1. The van der Waals surface area contributed by atoms with E-state index in [1.165, 1.54) is 17.3 Å². The third-order valence-electron chi connectivity index (χ3n) is 3.99. The van der Waals surface area contributed by atoms with Crippen LogP contribution in [0.5, 0.6) is 5.75 Å². The molecule has 3 rings (SSSR count). The standard InChI is InChI=1S/C20H21BrN4O2S/c1-3-14-4-7-16(8-5-14)27-11-18-23-20(25-24-18)28-12-19(26)22-15-6-9-17(21)13(2)10-15/h4-10H,3,11-12H2,1-2H3,(H,22,26)(H,23,24,25). The summed E-state index contributed by atoms with van der Waals surface area (Å²) in [6.45, 7) is 4.39. The first kappa shape index (κ1) is 20.4. The molecule has 0 aliphatic carbocycles. The van der Waals surface area contributed by atoms with Gasteiger partial charge in [0.15, 0.2) is 5.82 Å². The van der Waals surface area contributed by atoms with Gasteiger partial charge in [0, 0.05) is 10.2 Å². The number of hydrogen-bond donors (Lipinski definition) is 2. The van der Waals surface area contributed by atoms with E-state index in [-0.39, 0.29) is 11.7 Å². The van der Waals surface area contributed by atoms with Gasteiger partial charge in [-0.15, -0.1) is 5.10 Å². The second-order valence-electron chi connectivity index (χ2n) is 6.15. The van der Waals surface area contributed by atoms with Gasteiger partial charge in [0.05, 0.1) is 5.75 Å². The minimum absolute atomic E-state index is 0.106. The Morgan fingerprint density at radius 2 is 2.04 bits per heavy atom. The third kappa shape index (κ3) is 5.84. The number of rotatable bonds is 8. The molecular formula is C20H21BrN4O2S. The summed E-state index contributed by atoms with van der Waals surface area (Å²) in [5.41, 5.74) is 3.10. The van der Waals surface area contributed by atoms with Crippen LogP contribution in [0, 0.1) is 6.92 Å². The average molecular weight is 461 g/mol. The lowest BCUT2D eigenvalue weighted by Crippen LogP contribution is -2.14. The first-order valence-electron chi connectivity index (χ1n) is 8.85. The first-order valence-corrected chi connectivity index (χ1v) is 10.6. The van der Waals surface area contributed by atoms with E-state index in [1.54, 1.807) is 0 Å². The number of halogens is 1. The van der Waals surface area contributed by atoms with Crippen molar-refractivity contribution in [1.82, 2.24) is 15.2 Å². The Morgan fingerprint density at radius 1 is 1.25 bits per heavy atom. The molecule has 8 heteroatoms. The average Bonchev–Trinajstić information content (AvgIpc) is 3.16. The van der Waals surface area contributed by atoms with E-state index < -0.39 is 0 Å². The maximum atomic E-state index is 12.1. The number of aromatic nitrogens is 3. The maximum absolute atomic E-state index is 12.1. The van der Waals surface area contributed by atoms with Crippen LogP contribution in [0.15, 0.2) is 52.1 Å². The summed E-state index contributed by atoms with van der Waals surface area (Å²) in [7, 11) is 0. The number of ether oxygens (including phenoxy) is 1. The van der Waals surface area contributed by atoms with Crippen molar-refractivity contribution in [3.8, 4) is 5.75 Å². The quantitative estimate of drug-likeness (QED) is 0.474. The molecule has 0 atom stereocenters. The molecule has 0 saturated carbocycles. The number of anilines is 1. The second kappa shape index (κ2) is 9.75. The Balaban J connectivity index is 1.45. The van der Waals surface area contributed by atoms with Crippen LogP contribution in [0.3, 0.4) is 0 Å². The van der Waals surface area contributed by atoms with Gasteiger partial charge in [-0.2, -0.15) is 0 Å². The van der Waals surface area contributed by atoms with Gasteiger partial charge in [0.2, 0.25) is 11.1 Å². The Kier molecular flexibility index (Phi) is 7.11. The van der Waals surface area contributed by atoms with Crippen molar-refractivity contribution in [3.05, 3.63) is 63.9 Å². The Hall–Kier alpha value is -2.32. The molecule has 0 aliphatic heterocycles. The topological polar surface area (TPSA) is 79.9 Å². The zero-order valence-corrected chi connectivity index (χ0v) is 18.1. The molecule has 6 nitrogen and oxygen atoms in total. The number of aryl methyl sites for hydroxylation is 2.